The molecule has 7 heteroatoms. The van der Waals surface area contributed by atoms with Crippen molar-refractivity contribution in [3.05, 3.63) is 36.0 Å². The second kappa shape index (κ2) is 6.49. The van der Waals surface area contributed by atoms with Crippen LogP contribution in [0.1, 0.15) is 31.2 Å². The number of aromatic nitrogens is 1. The van der Waals surface area contributed by atoms with E-state index in [0.29, 0.717) is 5.52 Å². The number of primary amides is 1. The van der Waals surface area contributed by atoms with Gasteiger partial charge in [0.2, 0.25) is 15.9 Å². The highest BCUT2D eigenvalue weighted by atomic mass is 32.2. The summed E-state index contributed by atoms with van der Waals surface area (Å²) >= 11 is 0. The fourth-order valence-corrected chi connectivity index (χ4v) is 5.15. The van der Waals surface area contributed by atoms with Gasteiger partial charge in [0, 0.05) is 17.6 Å². The van der Waals surface area contributed by atoms with Gasteiger partial charge in [-0.05, 0) is 37.5 Å². The predicted octanol–water partition coefficient (Wildman–Crippen LogP) is 1.96. The lowest BCUT2D eigenvalue weighted by Gasteiger charge is -2.27. The number of amides is 1. The summed E-state index contributed by atoms with van der Waals surface area (Å²) in [5, 5.41) is 0.765. The van der Waals surface area contributed by atoms with Crippen molar-refractivity contribution in [2.24, 2.45) is 5.73 Å². The van der Waals surface area contributed by atoms with E-state index in [9.17, 15) is 13.2 Å². The number of rotatable bonds is 5. The summed E-state index contributed by atoms with van der Waals surface area (Å²) in [6.45, 7) is 1.61. The first-order valence-corrected chi connectivity index (χ1v) is 9.49. The van der Waals surface area contributed by atoms with E-state index in [1.165, 1.54) is 4.31 Å². The monoisotopic (exact) mass is 347 g/mol. The molecule has 128 valence electrons. The fourth-order valence-electron chi connectivity index (χ4n) is 3.33. The first kappa shape index (κ1) is 16.9. The number of hydrogen-bond donors (Lipinski definition) is 1. The zero-order valence-electron chi connectivity index (χ0n) is 13.6. The highest BCUT2D eigenvalue weighted by molar-refractivity contribution is 7.89. The average Bonchev–Trinajstić information content (AvgIpc) is 3.05. The van der Waals surface area contributed by atoms with Crippen molar-refractivity contribution in [2.75, 3.05) is 6.54 Å². The average molecular weight is 347 g/mol. The largest absolute Gasteiger partial charge is 0.369 e. The second-order valence-corrected chi connectivity index (χ2v) is 8.15. The van der Waals surface area contributed by atoms with Crippen LogP contribution in [0, 0.1) is 6.92 Å². The number of nitrogens with two attached hydrogens (primary N) is 1. The Hall–Kier alpha value is -1.99. The molecule has 0 saturated heterocycles. The molecule has 3 rings (SSSR count). The summed E-state index contributed by atoms with van der Waals surface area (Å²) < 4.78 is 27.7. The first-order valence-electron chi connectivity index (χ1n) is 8.05. The van der Waals surface area contributed by atoms with Gasteiger partial charge in [-0.1, -0.05) is 25.0 Å². The van der Waals surface area contributed by atoms with Crippen LogP contribution >= 0.6 is 0 Å². The van der Waals surface area contributed by atoms with Crippen LogP contribution < -0.4 is 5.73 Å². The molecule has 24 heavy (non-hydrogen) atoms. The Bertz CT molecular complexity index is 874. The molecule has 0 radical (unpaired) electrons. The quantitative estimate of drug-likeness (QED) is 0.895. The number of sulfonamides is 1. The van der Waals surface area contributed by atoms with E-state index in [1.807, 2.05) is 19.1 Å². The minimum Gasteiger partial charge on any atom is -0.369 e. The predicted molar refractivity (Wildman–Crippen MR) is 91.8 cm³/mol. The van der Waals surface area contributed by atoms with E-state index >= 15 is 0 Å². The van der Waals surface area contributed by atoms with Gasteiger partial charge >= 0.3 is 0 Å². The van der Waals surface area contributed by atoms with Gasteiger partial charge in [-0.25, -0.2) is 8.42 Å². The van der Waals surface area contributed by atoms with Crippen molar-refractivity contribution >= 4 is 26.8 Å². The Morgan fingerprint density at radius 3 is 2.71 bits per heavy atom. The van der Waals surface area contributed by atoms with Crippen molar-refractivity contribution in [3.8, 4) is 0 Å². The van der Waals surface area contributed by atoms with Crippen LogP contribution in [0.15, 0.2) is 35.4 Å². The van der Waals surface area contributed by atoms with Gasteiger partial charge in [0.05, 0.1) is 12.1 Å². The van der Waals surface area contributed by atoms with Gasteiger partial charge in [0.1, 0.15) is 4.90 Å². The van der Waals surface area contributed by atoms with Gasteiger partial charge < -0.3 is 5.73 Å². The number of carbonyl (C=O) groups excluding carboxylic acids is 1. The Balaban J connectivity index is 2.12. The molecule has 2 N–H and O–H groups in total. The number of pyridine rings is 1. The molecular weight excluding hydrogens is 326 g/mol. The molecule has 1 saturated carbocycles. The Morgan fingerprint density at radius 2 is 2.04 bits per heavy atom. The van der Waals surface area contributed by atoms with E-state index < -0.39 is 15.9 Å². The van der Waals surface area contributed by atoms with Gasteiger partial charge in [-0.3, -0.25) is 9.78 Å². The van der Waals surface area contributed by atoms with E-state index in [0.717, 1.165) is 36.6 Å². The van der Waals surface area contributed by atoms with Crippen LogP contribution in [0.25, 0.3) is 10.9 Å². The maximum absolute atomic E-state index is 13.2. The van der Waals surface area contributed by atoms with Crippen molar-refractivity contribution in [2.45, 2.75) is 43.5 Å². The number of hydrogen-bond acceptors (Lipinski definition) is 4. The topological polar surface area (TPSA) is 93.4 Å². The number of carbonyl (C=O) groups is 1. The van der Waals surface area contributed by atoms with Crippen LogP contribution in [0.2, 0.25) is 0 Å². The smallest absolute Gasteiger partial charge is 0.245 e. The SMILES string of the molecule is Cc1cnc2c(S(=O)(=O)N(CC(N)=O)C3CCCC3)cccc2c1. The van der Waals surface area contributed by atoms with Gasteiger partial charge in [0.25, 0.3) is 0 Å². The normalized spacial score (nSPS) is 16.1. The molecule has 0 spiro atoms. The first-order chi connectivity index (χ1) is 11.4. The van der Waals surface area contributed by atoms with Crippen LogP contribution in [0.3, 0.4) is 0 Å². The minimum atomic E-state index is -3.85. The molecule has 1 aromatic heterocycles. The Labute approximate surface area is 141 Å². The van der Waals surface area contributed by atoms with Crippen LogP contribution in [-0.2, 0) is 14.8 Å². The van der Waals surface area contributed by atoms with E-state index in [1.54, 1.807) is 18.3 Å². The van der Waals surface area contributed by atoms with Crippen molar-refractivity contribution in [3.63, 3.8) is 0 Å². The van der Waals surface area contributed by atoms with Crippen molar-refractivity contribution < 1.29 is 13.2 Å². The molecule has 1 aromatic carbocycles. The summed E-state index contributed by atoms with van der Waals surface area (Å²) in [6, 6.07) is 6.80. The molecule has 1 amide bonds. The summed E-state index contributed by atoms with van der Waals surface area (Å²) in [5.41, 5.74) is 6.69. The molecular formula is C17H21N3O3S. The lowest BCUT2D eigenvalue weighted by atomic mass is 10.2. The number of fused-ring (bicyclic) bond motifs is 1. The third-order valence-electron chi connectivity index (χ3n) is 4.44. The molecule has 0 bridgehead atoms. The van der Waals surface area contributed by atoms with Crippen molar-refractivity contribution in [1.29, 1.82) is 0 Å². The summed E-state index contributed by atoms with van der Waals surface area (Å²) in [6.07, 6.45) is 5.08. The minimum absolute atomic E-state index is 0.133. The zero-order chi connectivity index (χ0) is 17.3. The molecule has 2 aromatic rings. The molecule has 1 aliphatic carbocycles. The highest BCUT2D eigenvalue weighted by Gasteiger charge is 2.35. The fraction of sp³-hybridized carbons (Fsp3) is 0.412. The van der Waals surface area contributed by atoms with Gasteiger partial charge in [0.15, 0.2) is 0 Å². The summed E-state index contributed by atoms with van der Waals surface area (Å²) in [5.74, 6) is -0.644. The molecule has 0 unspecified atom stereocenters. The molecule has 0 aliphatic heterocycles. The Morgan fingerprint density at radius 1 is 1.33 bits per heavy atom. The number of nitrogens with zero attached hydrogens (tertiary/aromatic N) is 2. The van der Waals surface area contributed by atoms with Crippen LogP contribution in [-0.4, -0.2) is 36.2 Å². The molecule has 6 nitrogen and oxygen atoms in total. The summed E-state index contributed by atoms with van der Waals surface area (Å²) in [4.78, 5) is 15.9. The maximum Gasteiger partial charge on any atom is 0.245 e. The van der Waals surface area contributed by atoms with E-state index in [2.05, 4.69) is 4.98 Å². The van der Waals surface area contributed by atoms with Crippen molar-refractivity contribution in [1.82, 2.24) is 9.29 Å². The zero-order valence-corrected chi connectivity index (χ0v) is 14.4. The molecule has 1 heterocycles. The lowest BCUT2D eigenvalue weighted by molar-refractivity contribution is -0.118. The molecule has 0 atom stereocenters. The second-order valence-electron chi connectivity index (χ2n) is 6.30. The molecule has 1 fully saturated rings. The standard InChI is InChI=1S/C17H21N3O3S/c1-12-9-13-5-4-8-15(17(13)19-10-12)24(22,23)20(11-16(18)21)14-6-2-3-7-14/h4-5,8-10,14H,2-3,6-7,11H2,1H3,(H2,18,21). The maximum atomic E-state index is 13.2. The number of aryl methyl sites for hydroxylation is 1. The van der Waals surface area contributed by atoms with Gasteiger partial charge in [-0.15, -0.1) is 0 Å². The third-order valence-corrected chi connectivity index (χ3v) is 6.37. The van der Waals surface area contributed by atoms with E-state index in [4.69, 9.17) is 5.73 Å². The van der Waals surface area contributed by atoms with Crippen LogP contribution in [0.5, 0.6) is 0 Å². The third kappa shape index (κ3) is 3.14. The summed E-state index contributed by atoms with van der Waals surface area (Å²) in [7, 11) is -3.85. The van der Waals surface area contributed by atoms with E-state index in [-0.39, 0.29) is 17.5 Å². The number of benzene rings is 1. The Kier molecular flexibility index (Phi) is 4.56. The molecule has 1 aliphatic rings. The highest BCUT2D eigenvalue weighted by Crippen LogP contribution is 2.31. The lowest BCUT2D eigenvalue weighted by Crippen LogP contribution is -2.44. The van der Waals surface area contributed by atoms with Gasteiger partial charge in [-0.2, -0.15) is 4.31 Å². The number of para-hydroxylation sites is 1. The van der Waals surface area contributed by atoms with Crippen LogP contribution in [0.4, 0.5) is 0 Å².